The van der Waals surface area contributed by atoms with Crippen LogP contribution in [-0.4, -0.2) is 11.0 Å². The molecule has 0 amide bonds. The summed E-state index contributed by atoms with van der Waals surface area (Å²) in [5.41, 5.74) is 1.13. The number of rotatable bonds is 6. The molecular weight excluding hydrogens is 216 g/mol. The number of terminal acetylenes is 1. The van der Waals surface area contributed by atoms with Gasteiger partial charge < -0.3 is 5.32 Å². The van der Waals surface area contributed by atoms with E-state index < -0.39 is 4.92 Å². The highest BCUT2D eigenvalue weighted by Crippen LogP contribution is 2.12. The van der Waals surface area contributed by atoms with Gasteiger partial charge in [-0.1, -0.05) is 19.1 Å². The zero-order valence-electron chi connectivity index (χ0n) is 9.85. The molecule has 90 valence electrons. The Kier molecular flexibility index (Phi) is 5.18. The molecule has 0 saturated carbocycles. The Morgan fingerprint density at radius 1 is 1.47 bits per heavy atom. The average molecular weight is 232 g/mol. The molecule has 1 rings (SSSR count). The van der Waals surface area contributed by atoms with E-state index in [1.54, 1.807) is 12.1 Å². The zero-order chi connectivity index (χ0) is 12.7. The van der Waals surface area contributed by atoms with Gasteiger partial charge in [0.1, 0.15) is 0 Å². The van der Waals surface area contributed by atoms with Crippen LogP contribution in [0.25, 0.3) is 0 Å². The molecule has 0 radical (unpaired) electrons. The van der Waals surface area contributed by atoms with Crippen LogP contribution in [0.4, 0.5) is 5.69 Å². The second-order valence-electron chi connectivity index (χ2n) is 3.82. The van der Waals surface area contributed by atoms with Gasteiger partial charge in [0.25, 0.3) is 5.69 Å². The van der Waals surface area contributed by atoms with Crippen molar-refractivity contribution in [1.29, 1.82) is 0 Å². The van der Waals surface area contributed by atoms with Gasteiger partial charge in [0.15, 0.2) is 0 Å². The number of nitro groups is 1. The van der Waals surface area contributed by atoms with Crippen molar-refractivity contribution in [2.45, 2.75) is 32.4 Å². The molecular formula is C13H16N2O2. The lowest BCUT2D eigenvalue weighted by Gasteiger charge is -2.13. The first-order valence-corrected chi connectivity index (χ1v) is 5.57. The molecule has 1 atom stereocenters. The molecule has 0 saturated heterocycles. The molecule has 4 nitrogen and oxygen atoms in total. The van der Waals surface area contributed by atoms with E-state index in [1.165, 1.54) is 12.1 Å². The summed E-state index contributed by atoms with van der Waals surface area (Å²) in [4.78, 5) is 10.1. The Morgan fingerprint density at radius 3 is 2.59 bits per heavy atom. The van der Waals surface area contributed by atoms with E-state index in [0.717, 1.165) is 12.0 Å². The van der Waals surface area contributed by atoms with Crippen molar-refractivity contribution in [1.82, 2.24) is 5.32 Å². The summed E-state index contributed by atoms with van der Waals surface area (Å²) >= 11 is 0. The zero-order valence-corrected chi connectivity index (χ0v) is 9.85. The normalized spacial score (nSPS) is 11.8. The number of nitro benzene ring substituents is 1. The molecule has 0 spiro atoms. The second-order valence-corrected chi connectivity index (χ2v) is 3.82. The van der Waals surface area contributed by atoms with Crippen molar-refractivity contribution in [2.24, 2.45) is 0 Å². The Hall–Kier alpha value is -1.86. The Balaban J connectivity index is 2.52. The van der Waals surface area contributed by atoms with Gasteiger partial charge in [-0.2, -0.15) is 0 Å². The standard InChI is InChI=1S/C13H16N2O2/c1-3-5-12(4-2)14-10-11-6-8-13(9-7-11)15(16)17/h1,6-9,12,14H,4-5,10H2,2H3. The van der Waals surface area contributed by atoms with Crippen LogP contribution in [0.1, 0.15) is 25.3 Å². The minimum absolute atomic E-state index is 0.115. The predicted molar refractivity (Wildman–Crippen MR) is 67.5 cm³/mol. The highest BCUT2D eigenvalue weighted by Gasteiger charge is 2.06. The predicted octanol–water partition coefficient (Wildman–Crippen LogP) is 2.49. The maximum atomic E-state index is 10.5. The SMILES string of the molecule is C#CCC(CC)NCc1ccc([N+](=O)[O-])cc1. The van der Waals surface area contributed by atoms with Gasteiger partial charge >= 0.3 is 0 Å². The number of hydrogen-bond donors (Lipinski definition) is 1. The third kappa shape index (κ3) is 4.25. The van der Waals surface area contributed by atoms with Crippen LogP contribution in [0, 0.1) is 22.5 Å². The summed E-state index contributed by atoms with van der Waals surface area (Å²) in [6.07, 6.45) is 6.93. The quantitative estimate of drug-likeness (QED) is 0.465. The number of non-ortho nitro benzene ring substituents is 1. The highest BCUT2D eigenvalue weighted by molar-refractivity contribution is 5.32. The Labute approximate surface area is 101 Å². The fourth-order valence-electron chi connectivity index (χ4n) is 1.50. The van der Waals surface area contributed by atoms with Crippen molar-refractivity contribution >= 4 is 5.69 Å². The number of hydrogen-bond acceptors (Lipinski definition) is 3. The van der Waals surface area contributed by atoms with Crippen molar-refractivity contribution in [2.75, 3.05) is 0 Å². The Morgan fingerprint density at radius 2 is 2.12 bits per heavy atom. The second kappa shape index (κ2) is 6.66. The summed E-state index contributed by atoms with van der Waals surface area (Å²) in [6.45, 7) is 2.75. The van der Waals surface area contributed by atoms with Crippen LogP contribution in [0.2, 0.25) is 0 Å². The van der Waals surface area contributed by atoms with Gasteiger partial charge in [0, 0.05) is 31.1 Å². The third-order valence-corrected chi connectivity index (χ3v) is 2.60. The van der Waals surface area contributed by atoms with E-state index in [0.29, 0.717) is 19.0 Å². The molecule has 0 aliphatic heterocycles. The summed E-state index contributed by atoms with van der Waals surface area (Å²) < 4.78 is 0. The highest BCUT2D eigenvalue weighted by atomic mass is 16.6. The lowest BCUT2D eigenvalue weighted by molar-refractivity contribution is -0.384. The van der Waals surface area contributed by atoms with Crippen LogP contribution >= 0.6 is 0 Å². The van der Waals surface area contributed by atoms with Crippen LogP contribution < -0.4 is 5.32 Å². The first-order chi connectivity index (χ1) is 8.17. The average Bonchev–Trinajstić information content (AvgIpc) is 2.35. The van der Waals surface area contributed by atoms with Crippen molar-refractivity contribution in [3.8, 4) is 12.3 Å². The summed E-state index contributed by atoms with van der Waals surface area (Å²) in [6, 6.07) is 6.84. The van der Waals surface area contributed by atoms with Crippen molar-refractivity contribution in [3.63, 3.8) is 0 Å². The number of nitrogens with one attached hydrogen (secondary N) is 1. The van der Waals surface area contributed by atoms with Crippen molar-refractivity contribution < 1.29 is 4.92 Å². The molecule has 0 aliphatic carbocycles. The maximum Gasteiger partial charge on any atom is 0.269 e. The maximum absolute atomic E-state index is 10.5. The fourth-order valence-corrected chi connectivity index (χ4v) is 1.50. The summed E-state index contributed by atoms with van der Waals surface area (Å²) in [7, 11) is 0. The molecule has 4 heteroatoms. The molecule has 1 unspecified atom stereocenters. The molecule has 0 bridgehead atoms. The smallest absolute Gasteiger partial charge is 0.269 e. The van der Waals surface area contributed by atoms with Crippen LogP contribution in [-0.2, 0) is 6.54 Å². The van der Waals surface area contributed by atoms with E-state index in [4.69, 9.17) is 6.42 Å². The largest absolute Gasteiger partial charge is 0.309 e. The minimum atomic E-state index is -0.398. The molecule has 1 aromatic carbocycles. The van der Waals surface area contributed by atoms with E-state index in [9.17, 15) is 10.1 Å². The molecule has 0 heterocycles. The van der Waals surface area contributed by atoms with Gasteiger partial charge in [-0.05, 0) is 12.0 Å². The molecule has 0 aromatic heterocycles. The van der Waals surface area contributed by atoms with Gasteiger partial charge in [-0.3, -0.25) is 10.1 Å². The first kappa shape index (κ1) is 13.2. The molecule has 1 N–H and O–H groups in total. The van der Waals surface area contributed by atoms with Gasteiger partial charge in [0.2, 0.25) is 0 Å². The minimum Gasteiger partial charge on any atom is -0.309 e. The fraction of sp³-hybridized carbons (Fsp3) is 0.385. The van der Waals surface area contributed by atoms with Crippen LogP contribution in [0.3, 0.4) is 0 Å². The topological polar surface area (TPSA) is 55.2 Å². The molecule has 1 aromatic rings. The third-order valence-electron chi connectivity index (χ3n) is 2.60. The van der Waals surface area contributed by atoms with Crippen molar-refractivity contribution in [3.05, 3.63) is 39.9 Å². The Bertz CT molecular complexity index is 406. The number of benzene rings is 1. The molecule has 17 heavy (non-hydrogen) atoms. The summed E-state index contributed by atoms with van der Waals surface area (Å²) in [5.74, 6) is 2.63. The number of nitrogens with zero attached hydrogens (tertiary/aromatic N) is 1. The van der Waals surface area contributed by atoms with Gasteiger partial charge in [0.05, 0.1) is 4.92 Å². The van der Waals surface area contributed by atoms with E-state index in [-0.39, 0.29) is 5.69 Å². The monoisotopic (exact) mass is 232 g/mol. The first-order valence-electron chi connectivity index (χ1n) is 5.57. The van der Waals surface area contributed by atoms with E-state index in [1.807, 2.05) is 0 Å². The summed E-state index contributed by atoms with van der Waals surface area (Å²) in [5, 5.41) is 13.8. The molecule has 0 aliphatic rings. The molecule has 0 fully saturated rings. The van der Waals surface area contributed by atoms with Gasteiger partial charge in [-0.15, -0.1) is 12.3 Å². The lowest BCUT2D eigenvalue weighted by atomic mass is 10.1. The lowest BCUT2D eigenvalue weighted by Crippen LogP contribution is -2.27. The van der Waals surface area contributed by atoms with Gasteiger partial charge in [-0.25, -0.2) is 0 Å². The van der Waals surface area contributed by atoms with Crippen LogP contribution in [0.5, 0.6) is 0 Å². The van der Waals surface area contributed by atoms with E-state index in [2.05, 4.69) is 18.2 Å². The van der Waals surface area contributed by atoms with Crippen LogP contribution in [0.15, 0.2) is 24.3 Å². The van der Waals surface area contributed by atoms with E-state index >= 15 is 0 Å².